The van der Waals surface area contributed by atoms with Crippen molar-refractivity contribution in [1.82, 2.24) is 0 Å². The highest BCUT2D eigenvalue weighted by molar-refractivity contribution is 4.85. The van der Waals surface area contributed by atoms with Crippen molar-refractivity contribution in [2.24, 2.45) is 23.5 Å². The molecule has 3 atom stereocenters. The third kappa shape index (κ3) is 3.00. The third-order valence-electron chi connectivity index (χ3n) is 5.12. The van der Waals surface area contributed by atoms with E-state index in [1.807, 2.05) is 0 Å². The summed E-state index contributed by atoms with van der Waals surface area (Å²) in [7, 11) is 0. The largest absolute Gasteiger partial charge is 0.327 e. The van der Waals surface area contributed by atoms with E-state index in [1.54, 1.807) is 0 Å². The topological polar surface area (TPSA) is 26.0 Å². The predicted molar refractivity (Wildman–Crippen MR) is 70.3 cm³/mol. The summed E-state index contributed by atoms with van der Waals surface area (Å²) >= 11 is 0. The molecule has 94 valence electrons. The van der Waals surface area contributed by atoms with Gasteiger partial charge in [-0.3, -0.25) is 0 Å². The van der Waals surface area contributed by atoms with Crippen LogP contribution in [0, 0.1) is 17.8 Å². The molecule has 2 aliphatic rings. The molecular formula is C15H29N. The molecule has 1 nitrogen and oxygen atoms in total. The first-order valence-corrected chi connectivity index (χ1v) is 7.56. The third-order valence-corrected chi connectivity index (χ3v) is 5.12. The summed E-state index contributed by atoms with van der Waals surface area (Å²) in [6.45, 7) is 2.35. The zero-order valence-electron chi connectivity index (χ0n) is 11.0. The molecule has 1 heteroatoms. The van der Waals surface area contributed by atoms with E-state index in [0.717, 1.165) is 17.8 Å². The first-order chi connectivity index (χ1) is 7.81. The molecule has 0 aromatic carbocycles. The number of nitrogens with two attached hydrogens (primary N) is 1. The molecule has 0 radical (unpaired) electrons. The second kappa shape index (κ2) is 6.05. The second-order valence-electron chi connectivity index (χ2n) is 6.17. The van der Waals surface area contributed by atoms with Gasteiger partial charge in [-0.2, -0.15) is 0 Å². The van der Waals surface area contributed by atoms with Crippen molar-refractivity contribution in [2.75, 3.05) is 0 Å². The summed E-state index contributed by atoms with van der Waals surface area (Å²) in [5.41, 5.74) is 6.49. The van der Waals surface area contributed by atoms with Crippen LogP contribution in [-0.4, -0.2) is 6.04 Å². The summed E-state index contributed by atoms with van der Waals surface area (Å²) in [6, 6.07) is 0.508. The van der Waals surface area contributed by atoms with Crippen LogP contribution in [0.1, 0.15) is 71.1 Å². The van der Waals surface area contributed by atoms with Gasteiger partial charge in [-0.1, -0.05) is 58.3 Å². The van der Waals surface area contributed by atoms with Crippen molar-refractivity contribution < 1.29 is 0 Å². The van der Waals surface area contributed by atoms with Gasteiger partial charge in [-0.05, 0) is 30.6 Å². The van der Waals surface area contributed by atoms with Gasteiger partial charge in [-0.25, -0.2) is 0 Å². The molecule has 0 aliphatic heterocycles. The minimum absolute atomic E-state index is 0.508. The van der Waals surface area contributed by atoms with E-state index in [4.69, 9.17) is 5.73 Å². The van der Waals surface area contributed by atoms with Crippen LogP contribution in [0.25, 0.3) is 0 Å². The molecule has 2 saturated carbocycles. The van der Waals surface area contributed by atoms with Crippen molar-refractivity contribution in [3.8, 4) is 0 Å². The molecule has 0 heterocycles. The molecular weight excluding hydrogens is 194 g/mol. The Labute approximate surface area is 101 Å². The zero-order chi connectivity index (χ0) is 11.4. The molecule has 0 bridgehead atoms. The first kappa shape index (κ1) is 12.4. The molecule has 0 spiro atoms. The Morgan fingerprint density at radius 3 is 2.31 bits per heavy atom. The quantitative estimate of drug-likeness (QED) is 0.762. The van der Waals surface area contributed by atoms with Gasteiger partial charge in [0.2, 0.25) is 0 Å². The van der Waals surface area contributed by atoms with E-state index in [9.17, 15) is 0 Å². The number of rotatable bonds is 4. The van der Waals surface area contributed by atoms with E-state index < -0.39 is 0 Å². The second-order valence-corrected chi connectivity index (χ2v) is 6.17. The lowest BCUT2D eigenvalue weighted by molar-refractivity contribution is 0.179. The van der Waals surface area contributed by atoms with Crippen LogP contribution in [0.5, 0.6) is 0 Å². The monoisotopic (exact) mass is 223 g/mol. The fraction of sp³-hybridized carbons (Fsp3) is 1.00. The maximum Gasteiger partial charge on any atom is 0.00724 e. The summed E-state index contributed by atoms with van der Waals surface area (Å²) in [5.74, 6) is 2.75. The smallest absolute Gasteiger partial charge is 0.00724 e. The van der Waals surface area contributed by atoms with Crippen molar-refractivity contribution in [3.05, 3.63) is 0 Å². The van der Waals surface area contributed by atoms with E-state index in [1.165, 1.54) is 64.2 Å². The van der Waals surface area contributed by atoms with Gasteiger partial charge in [0, 0.05) is 6.04 Å². The average Bonchev–Trinajstić information content (AvgIpc) is 2.81. The Kier molecular flexibility index (Phi) is 4.69. The van der Waals surface area contributed by atoms with Crippen LogP contribution in [-0.2, 0) is 0 Å². The standard InChI is InChI=1S/C15H29N/c1-2-13-9-5-6-10-14(13)15(16)11-12-7-3-4-8-12/h12-15H,2-11,16H2,1H3. The molecule has 0 aromatic heterocycles. The van der Waals surface area contributed by atoms with E-state index in [2.05, 4.69) is 6.92 Å². The Morgan fingerprint density at radius 1 is 1.00 bits per heavy atom. The number of hydrogen-bond donors (Lipinski definition) is 1. The van der Waals surface area contributed by atoms with Gasteiger partial charge in [0.05, 0.1) is 0 Å². The minimum atomic E-state index is 0.508. The van der Waals surface area contributed by atoms with Gasteiger partial charge in [-0.15, -0.1) is 0 Å². The van der Waals surface area contributed by atoms with Gasteiger partial charge in [0.25, 0.3) is 0 Å². The maximum absolute atomic E-state index is 6.49. The molecule has 3 unspecified atom stereocenters. The molecule has 2 rings (SSSR count). The van der Waals surface area contributed by atoms with Crippen molar-refractivity contribution >= 4 is 0 Å². The van der Waals surface area contributed by atoms with Crippen LogP contribution >= 0.6 is 0 Å². The van der Waals surface area contributed by atoms with Crippen LogP contribution in [0.15, 0.2) is 0 Å². The molecule has 0 aromatic rings. The van der Waals surface area contributed by atoms with Gasteiger partial charge in [0.15, 0.2) is 0 Å². The number of hydrogen-bond acceptors (Lipinski definition) is 1. The van der Waals surface area contributed by atoms with Crippen molar-refractivity contribution in [3.63, 3.8) is 0 Å². The lowest BCUT2D eigenvalue weighted by Crippen LogP contribution is -2.38. The molecule has 16 heavy (non-hydrogen) atoms. The predicted octanol–water partition coefficient (Wildman–Crippen LogP) is 4.11. The van der Waals surface area contributed by atoms with E-state index in [0.29, 0.717) is 6.04 Å². The SMILES string of the molecule is CCC1CCCCC1C(N)CC1CCCC1. The van der Waals surface area contributed by atoms with Crippen molar-refractivity contribution in [1.29, 1.82) is 0 Å². The van der Waals surface area contributed by atoms with E-state index in [-0.39, 0.29) is 0 Å². The lowest BCUT2D eigenvalue weighted by Gasteiger charge is -2.36. The van der Waals surface area contributed by atoms with Crippen LogP contribution in [0.2, 0.25) is 0 Å². The summed E-state index contributed by atoms with van der Waals surface area (Å²) in [6.07, 6.45) is 14.2. The van der Waals surface area contributed by atoms with Crippen LogP contribution < -0.4 is 5.73 Å². The lowest BCUT2D eigenvalue weighted by atomic mass is 9.72. The zero-order valence-corrected chi connectivity index (χ0v) is 11.0. The van der Waals surface area contributed by atoms with Crippen LogP contribution in [0.4, 0.5) is 0 Å². The normalized spacial score (nSPS) is 34.1. The Morgan fingerprint density at radius 2 is 1.62 bits per heavy atom. The molecule has 2 fully saturated rings. The van der Waals surface area contributed by atoms with Crippen LogP contribution in [0.3, 0.4) is 0 Å². The maximum atomic E-state index is 6.49. The fourth-order valence-corrected chi connectivity index (χ4v) is 4.11. The highest BCUT2D eigenvalue weighted by Gasteiger charge is 2.30. The van der Waals surface area contributed by atoms with Crippen molar-refractivity contribution in [2.45, 2.75) is 77.2 Å². The summed E-state index contributed by atoms with van der Waals surface area (Å²) < 4.78 is 0. The molecule has 2 aliphatic carbocycles. The highest BCUT2D eigenvalue weighted by Crippen LogP contribution is 2.37. The average molecular weight is 223 g/mol. The Bertz CT molecular complexity index is 196. The molecule has 0 saturated heterocycles. The highest BCUT2D eigenvalue weighted by atomic mass is 14.7. The first-order valence-electron chi connectivity index (χ1n) is 7.56. The molecule has 0 amide bonds. The van der Waals surface area contributed by atoms with Gasteiger partial charge < -0.3 is 5.73 Å². The summed E-state index contributed by atoms with van der Waals surface area (Å²) in [5, 5.41) is 0. The fourth-order valence-electron chi connectivity index (χ4n) is 4.11. The van der Waals surface area contributed by atoms with Gasteiger partial charge >= 0.3 is 0 Å². The minimum Gasteiger partial charge on any atom is -0.327 e. The Hall–Kier alpha value is -0.0400. The van der Waals surface area contributed by atoms with E-state index >= 15 is 0 Å². The summed E-state index contributed by atoms with van der Waals surface area (Å²) in [4.78, 5) is 0. The molecule has 2 N–H and O–H groups in total. The van der Waals surface area contributed by atoms with Gasteiger partial charge in [0.1, 0.15) is 0 Å². The Balaban J connectivity index is 1.83.